The zero-order valence-electron chi connectivity index (χ0n) is 10.1. The highest BCUT2D eigenvalue weighted by Crippen LogP contribution is 2.03. The molecule has 0 aliphatic heterocycles. The maximum absolute atomic E-state index is 12.1. The number of aromatic nitrogens is 3. The lowest BCUT2D eigenvalue weighted by Crippen LogP contribution is -2.30. The fourth-order valence-corrected chi connectivity index (χ4v) is 1.77. The van der Waals surface area contributed by atoms with Crippen LogP contribution in [-0.2, 0) is 6.61 Å². The van der Waals surface area contributed by atoms with E-state index in [0.29, 0.717) is 10.9 Å². The molecule has 5 nitrogen and oxygen atoms in total. The summed E-state index contributed by atoms with van der Waals surface area (Å²) < 4.78 is 0. The van der Waals surface area contributed by atoms with Gasteiger partial charge in [0.05, 0.1) is 5.39 Å². The summed E-state index contributed by atoms with van der Waals surface area (Å²) >= 11 is 0. The highest BCUT2D eigenvalue weighted by molar-refractivity contribution is 5.76. The zero-order chi connectivity index (χ0) is 13.1. The van der Waals surface area contributed by atoms with Crippen molar-refractivity contribution in [3.8, 4) is 0 Å². The lowest BCUT2D eigenvalue weighted by Gasteiger charge is -2.06. The molecule has 3 rings (SSSR count). The lowest BCUT2D eigenvalue weighted by molar-refractivity contribution is 0.0550. The van der Waals surface area contributed by atoms with Crippen LogP contribution < -0.4 is 10.4 Å². The van der Waals surface area contributed by atoms with Crippen LogP contribution in [0.4, 0.5) is 0 Å². The van der Waals surface area contributed by atoms with Gasteiger partial charge >= 0.3 is 5.56 Å². The van der Waals surface area contributed by atoms with Crippen LogP contribution >= 0.6 is 0 Å². The van der Waals surface area contributed by atoms with Crippen molar-refractivity contribution in [3.05, 3.63) is 70.5 Å². The molecule has 0 radical (unpaired) electrons. The molecule has 0 N–H and O–H groups in total. The Morgan fingerprint density at radius 3 is 2.58 bits per heavy atom. The molecule has 0 fully saturated rings. The van der Waals surface area contributed by atoms with Crippen molar-refractivity contribution in [3.63, 3.8) is 0 Å². The van der Waals surface area contributed by atoms with Gasteiger partial charge in [0, 0.05) is 0 Å². The van der Waals surface area contributed by atoms with Gasteiger partial charge in [-0.05, 0) is 27.8 Å². The van der Waals surface area contributed by atoms with Gasteiger partial charge in [-0.1, -0.05) is 42.5 Å². The third-order valence-corrected chi connectivity index (χ3v) is 2.74. The van der Waals surface area contributed by atoms with Crippen LogP contribution in [0.15, 0.2) is 59.4 Å². The Kier molecular flexibility index (Phi) is 2.94. The monoisotopic (exact) mass is 253 g/mol. The maximum atomic E-state index is 12.1. The van der Waals surface area contributed by atoms with E-state index in [-0.39, 0.29) is 12.2 Å². The van der Waals surface area contributed by atoms with Gasteiger partial charge in [0.1, 0.15) is 12.1 Å². The number of hydrogen-bond acceptors (Lipinski definition) is 4. The van der Waals surface area contributed by atoms with E-state index in [1.165, 1.54) is 0 Å². The molecule has 19 heavy (non-hydrogen) atoms. The second-order valence-corrected chi connectivity index (χ2v) is 4.04. The Morgan fingerprint density at radius 2 is 1.74 bits per heavy atom. The zero-order valence-corrected chi connectivity index (χ0v) is 10.1. The highest BCUT2D eigenvalue weighted by Gasteiger charge is 2.05. The van der Waals surface area contributed by atoms with Gasteiger partial charge in [-0.25, -0.2) is 0 Å². The molecule has 2 aromatic carbocycles. The van der Waals surface area contributed by atoms with Gasteiger partial charge in [-0.2, -0.15) is 0 Å². The highest BCUT2D eigenvalue weighted by atomic mass is 16.7. The second kappa shape index (κ2) is 4.89. The predicted molar refractivity (Wildman–Crippen MR) is 70.5 cm³/mol. The summed E-state index contributed by atoms with van der Waals surface area (Å²) in [6.07, 6.45) is 0. The first-order valence-electron chi connectivity index (χ1n) is 5.86. The Bertz CT molecular complexity index is 753. The first kappa shape index (κ1) is 11.4. The van der Waals surface area contributed by atoms with E-state index in [4.69, 9.17) is 4.84 Å². The average molecular weight is 253 g/mol. The van der Waals surface area contributed by atoms with Crippen LogP contribution in [0, 0.1) is 0 Å². The molecular weight excluding hydrogens is 242 g/mol. The largest absolute Gasteiger partial charge is 0.388 e. The average Bonchev–Trinajstić information content (AvgIpc) is 2.48. The first-order chi connectivity index (χ1) is 9.34. The van der Waals surface area contributed by atoms with Gasteiger partial charge in [0.25, 0.3) is 0 Å². The van der Waals surface area contributed by atoms with Crippen LogP contribution in [0.3, 0.4) is 0 Å². The third kappa shape index (κ3) is 2.30. The number of hydrogen-bond donors (Lipinski definition) is 0. The minimum absolute atomic E-state index is 0.272. The standard InChI is InChI=1S/C14H11N3O2/c18-14-12-8-4-5-9-13(12)15-16-17(14)19-10-11-6-2-1-3-7-11/h1-9H,10H2. The summed E-state index contributed by atoms with van der Waals surface area (Å²) in [6, 6.07) is 16.6. The van der Waals surface area contributed by atoms with Crippen molar-refractivity contribution in [1.29, 1.82) is 0 Å². The van der Waals surface area contributed by atoms with E-state index in [1.54, 1.807) is 18.2 Å². The minimum atomic E-state index is -0.304. The molecule has 0 amide bonds. The summed E-state index contributed by atoms with van der Waals surface area (Å²) in [4.78, 5) is 18.4. The van der Waals surface area contributed by atoms with Crippen molar-refractivity contribution < 1.29 is 4.84 Å². The molecule has 0 saturated carbocycles. The fraction of sp³-hybridized carbons (Fsp3) is 0.0714. The van der Waals surface area contributed by atoms with Crippen LogP contribution in [-0.4, -0.2) is 15.2 Å². The van der Waals surface area contributed by atoms with Gasteiger partial charge in [0.2, 0.25) is 0 Å². The topological polar surface area (TPSA) is 57.0 Å². The summed E-state index contributed by atoms with van der Waals surface area (Å²) in [5, 5.41) is 8.19. The molecule has 0 aliphatic rings. The van der Waals surface area contributed by atoms with E-state index < -0.39 is 0 Å². The molecule has 0 saturated heterocycles. The van der Waals surface area contributed by atoms with Crippen molar-refractivity contribution in [2.75, 3.05) is 0 Å². The minimum Gasteiger partial charge on any atom is -0.388 e. The van der Waals surface area contributed by atoms with E-state index in [0.717, 1.165) is 10.4 Å². The molecule has 0 aliphatic carbocycles. The van der Waals surface area contributed by atoms with Crippen molar-refractivity contribution in [2.45, 2.75) is 6.61 Å². The fourth-order valence-electron chi connectivity index (χ4n) is 1.77. The van der Waals surface area contributed by atoms with Gasteiger partial charge in [-0.15, -0.1) is 5.10 Å². The smallest absolute Gasteiger partial charge is 0.314 e. The summed E-state index contributed by atoms with van der Waals surface area (Å²) in [6.45, 7) is 0.272. The molecule has 3 aromatic rings. The number of benzene rings is 2. The van der Waals surface area contributed by atoms with Crippen LogP contribution in [0.2, 0.25) is 0 Å². The molecular formula is C14H11N3O2. The Morgan fingerprint density at radius 1 is 1.00 bits per heavy atom. The van der Waals surface area contributed by atoms with E-state index in [2.05, 4.69) is 10.3 Å². The Balaban J connectivity index is 1.90. The molecule has 94 valence electrons. The molecule has 0 atom stereocenters. The van der Waals surface area contributed by atoms with Crippen LogP contribution in [0.1, 0.15) is 5.56 Å². The third-order valence-electron chi connectivity index (χ3n) is 2.74. The molecule has 0 unspecified atom stereocenters. The van der Waals surface area contributed by atoms with E-state index >= 15 is 0 Å². The SMILES string of the molecule is O=c1c2ccccc2nnn1OCc1ccccc1. The molecule has 1 aromatic heterocycles. The van der Waals surface area contributed by atoms with Crippen molar-refractivity contribution in [2.24, 2.45) is 0 Å². The summed E-state index contributed by atoms with van der Waals surface area (Å²) in [5.41, 5.74) is 1.22. The van der Waals surface area contributed by atoms with E-state index in [9.17, 15) is 4.79 Å². The maximum Gasteiger partial charge on any atom is 0.314 e. The van der Waals surface area contributed by atoms with Gasteiger partial charge < -0.3 is 4.84 Å². The first-order valence-corrected chi connectivity index (χ1v) is 5.86. The van der Waals surface area contributed by atoms with Crippen molar-refractivity contribution >= 4 is 10.9 Å². The Labute approximate surface area is 109 Å². The van der Waals surface area contributed by atoms with Crippen LogP contribution in [0.5, 0.6) is 0 Å². The number of rotatable bonds is 3. The summed E-state index contributed by atoms with van der Waals surface area (Å²) in [5.74, 6) is 0. The second-order valence-electron chi connectivity index (χ2n) is 4.04. The Hall–Kier alpha value is -2.69. The van der Waals surface area contributed by atoms with Gasteiger partial charge in [-0.3, -0.25) is 4.79 Å². The van der Waals surface area contributed by atoms with Gasteiger partial charge in [0.15, 0.2) is 0 Å². The molecule has 5 heteroatoms. The molecule has 1 heterocycles. The quantitative estimate of drug-likeness (QED) is 0.708. The molecule has 0 spiro atoms. The van der Waals surface area contributed by atoms with E-state index in [1.807, 2.05) is 36.4 Å². The van der Waals surface area contributed by atoms with Crippen LogP contribution in [0.25, 0.3) is 10.9 Å². The lowest BCUT2D eigenvalue weighted by atomic mass is 10.2. The predicted octanol–water partition coefficient (Wildman–Crippen LogP) is 1.42. The van der Waals surface area contributed by atoms with Crippen molar-refractivity contribution in [1.82, 2.24) is 15.2 Å². The number of nitrogens with zero attached hydrogens (tertiary/aromatic N) is 3. The number of fused-ring (bicyclic) bond motifs is 1. The normalized spacial score (nSPS) is 10.5. The molecule has 0 bridgehead atoms. The summed E-state index contributed by atoms with van der Waals surface area (Å²) in [7, 11) is 0.